The van der Waals surface area contributed by atoms with Gasteiger partial charge in [-0.2, -0.15) is 0 Å². The van der Waals surface area contributed by atoms with Crippen LogP contribution in [0.1, 0.15) is 64.5 Å². The van der Waals surface area contributed by atoms with Gasteiger partial charge in [0.25, 0.3) is 0 Å². The lowest BCUT2D eigenvalue weighted by Crippen LogP contribution is -2.27. The Morgan fingerprint density at radius 1 is 0.952 bits per heavy atom. The second kappa shape index (κ2) is 7.08. The van der Waals surface area contributed by atoms with Crippen LogP contribution in [-0.4, -0.2) is 12.3 Å². The maximum absolute atomic E-state index is 11.7. The van der Waals surface area contributed by atoms with E-state index in [2.05, 4.69) is 0 Å². The average Bonchev–Trinajstić information content (AvgIpc) is 3.11. The molecule has 0 aromatic heterocycles. The molecule has 1 saturated carbocycles. The molecule has 1 aromatic carbocycles. The third-order valence-electron chi connectivity index (χ3n) is 3.76. The van der Waals surface area contributed by atoms with E-state index >= 15 is 0 Å². The SMILES string of the molecule is C1CCCC1.CC(C)(C)C1OC(=O)C(c2ccccc2)O1. The van der Waals surface area contributed by atoms with E-state index in [4.69, 9.17) is 9.47 Å². The summed E-state index contributed by atoms with van der Waals surface area (Å²) in [6.07, 6.45) is 6.45. The van der Waals surface area contributed by atoms with Crippen LogP contribution in [0.2, 0.25) is 0 Å². The van der Waals surface area contributed by atoms with Crippen molar-refractivity contribution in [1.29, 1.82) is 0 Å². The Hall–Kier alpha value is -1.35. The maximum Gasteiger partial charge on any atom is 0.342 e. The Kier molecular flexibility index (Phi) is 5.40. The van der Waals surface area contributed by atoms with Crippen molar-refractivity contribution in [3.63, 3.8) is 0 Å². The minimum absolute atomic E-state index is 0.195. The molecule has 3 rings (SSSR count). The number of benzene rings is 1. The van der Waals surface area contributed by atoms with E-state index in [1.54, 1.807) is 0 Å². The lowest BCUT2D eigenvalue weighted by Gasteiger charge is -2.24. The van der Waals surface area contributed by atoms with Gasteiger partial charge in [0, 0.05) is 5.41 Å². The van der Waals surface area contributed by atoms with Crippen molar-refractivity contribution in [3.8, 4) is 0 Å². The van der Waals surface area contributed by atoms with Gasteiger partial charge in [-0.05, 0) is 5.56 Å². The third-order valence-corrected chi connectivity index (χ3v) is 3.76. The highest BCUT2D eigenvalue weighted by Gasteiger charge is 2.42. The van der Waals surface area contributed by atoms with Crippen LogP contribution in [0.5, 0.6) is 0 Å². The lowest BCUT2D eigenvalue weighted by molar-refractivity contribution is -0.154. The Bertz CT molecular complexity index is 436. The minimum Gasteiger partial charge on any atom is -0.433 e. The Balaban J connectivity index is 0.000000272. The molecule has 1 aliphatic heterocycles. The van der Waals surface area contributed by atoms with E-state index in [1.165, 1.54) is 32.1 Å². The minimum atomic E-state index is -0.578. The standard InChI is InChI=1S/C13H16O3.C5H10/c1-13(2,3)12-15-10(11(14)16-12)9-7-5-4-6-8-9;1-2-4-5-3-1/h4-8,10,12H,1-3H3;1-5H2. The quantitative estimate of drug-likeness (QED) is 0.708. The summed E-state index contributed by atoms with van der Waals surface area (Å²) in [5.41, 5.74) is 0.651. The number of cyclic esters (lactones) is 1. The Labute approximate surface area is 127 Å². The largest absolute Gasteiger partial charge is 0.433 e. The lowest BCUT2D eigenvalue weighted by atomic mass is 9.96. The van der Waals surface area contributed by atoms with E-state index in [9.17, 15) is 4.79 Å². The van der Waals surface area contributed by atoms with Crippen molar-refractivity contribution in [3.05, 3.63) is 35.9 Å². The number of hydrogen-bond donors (Lipinski definition) is 0. The van der Waals surface area contributed by atoms with Crippen LogP contribution in [-0.2, 0) is 14.3 Å². The fraction of sp³-hybridized carbons (Fsp3) is 0.611. The van der Waals surface area contributed by atoms with Gasteiger partial charge < -0.3 is 9.47 Å². The van der Waals surface area contributed by atoms with Crippen LogP contribution < -0.4 is 0 Å². The van der Waals surface area contributed by atoms with Crippen LogP contribution in [0, 0.1) is 5.41 Å². The highest BCUT2D eigenvalue weighted by molar-refractivity contribution is 5.78. The number of carbonyl (C=O) groups is 1. The molecule has 0 spiro atoms. The number of rotatable bonds is 1. The van der Waals surface area contributed by atoms with Gasteiger partial charge in [0.2, 0.25) is 6.29 Å². The monoisotopic (exact) mass is 290 g/mol. The van der Waals surface area contributed by atoms with Crippen molar-refractivity contribution < 1.29 is 14.3 Å². The summed E-state index contributed by atoms with van der Waals surface area (Å²) < 4.78 is 10.9. The van der Waals surface area contributed by atoms with E-state index in [1.807, 2.05) is 51.1 Å². The maximum atomic E-state index is 11.7. The van der Waals surface area contributed by atoms with Crippen molar-refractivity contribution in [1.82, 2.24) is 0 Å². The molecular formula is C18H26O3. The molecule has 0 radical (unpaired) electrons. The second-order valence-electron chi connectivity index (χ2n) is 6.83. The predicted octanol–water partition coefficient (Wildman–Crippen LogP) is 4.62. The van der Waals surface area contributed by atoms with Gasteiger partial charge in [0.05, 0.1) is 0 Å². The Morgan fingerprint density at radius 3 is 1.90 bits per heavy atom. The zero-order chi connectivity index (χ0) is 15.3. The van der Waals surface area contributed by atoms with Gasteiger partial charge >= 0.3 is 5.97 Å². The molecule has 2 unspecified atom stereocenters. The van der Waals surface area contributed by atoms with Crippen LogP contribution in [0.15, 0.2) is 30.3 Å². The molecule has 1 aliphatic carbocycles. The summed E-state index contributed by atoms with van der Waals surface area (Å²) in [4.78, 5) is 11.7. The summed E-state index contributed by atoms with van der Waals surface area (Å²) in [7, 11) is 0. The molecule has 2 atom stereocenters. The first-order valence-electron chi connectivity index (χ1n) is 7.89. The Morgan fingerprint density at radius 2 is 1.48 bits per heavy atom. The average molecular weight is 290 g/mol. The van der Waals surface area contributed by atoms with Crippen LogP contribution in [0.3, 0.4) is 0 Å². The summed E-state index contributed by atoms with van der Waals surface area (Å²) >= 11 is 0. The van der Waals surface area contributed by atoms with Gasteiger partial charge in [0.15, 0.2) is 6.10 Å². The van der Waals surface area contributed by atoms with Crippen molar-refractivity contribution in [2.24, 2.45) is 5.41 Å². The first-order chi connectivity index (χ1) is 9.98. The fourth-order valence-electron chi connectivity index (χ4n) is 2.48. The second-order valence-corrected chi connectivity index (χ2v) is 6.83. The molecule has 1 aromatic rings. The van der Waals surface area contributed by atoms with Crippen molar-refractivity contribution in [2.75, 3.05) is 0 Å². The van der Waals surface area contributed by atoms with Crippen LogP contribution in [0.4, 0.5) is 0 Å². The number of esters is 1. The summed E-state index contributed by atoms with van der Waals surface area (Å²) in [6, 6.07) is 9.42. The first kappa shape index (κ1) is 16.0. The highest BCUT2D eigenvalue weighted by atomic mass is 16.8. The smallest absolute Gasteiger partial charge is 0.342 e. The van der Waals surface area contributed by atoms with Gasteiger partial charge in [0.1, 0.15) is 0 Å². The van der Waals surface area contributed by atoms with E-state index in [-0.39, 0.29) is 11.4 Å². The summed E-state index contributed by atoms with van der Waals surface area (Å²) in [6.45, 7) is 5.95. The summed E-state index contributed by atoms with van der Waals surface area (Å²) in [5.74, 6) is -0.300. The first-order valence-corrected chi connectivity index (χ1v) is 7.89. The fourth-order valence-corrected chi connectivity index (χ4v) is 2.48. The highest BCUT2D eigenvalue weighted by Crippen LogP contribution is 2.35. The number of carbonyl (C=O) groups excluding carboxylic acids is 1. The van der Waals surface area contributed by atoms with Crippen molar-refractivity contribution >= 4 is 5.97 Å². The molecule has 1 saturated heterocycles. The third kappa shape index (κ3) is 4.57. The van der Waals surface area contributed by atoms with E-state index in [0.29, 0.717) is 0 Å². The molecule has 2 fully saturated rings. The van der Waals surface area contributed by atoms with Crippen molar-refractivity contribution in [2.45, 2.75) is 65.3 Å². The zero-order valence-corrected chi connectivity index (χ0v) is 13.3. The topological polar surface area (TPSA) is 35.5 Å². The molecule has 0 N–H and O–H groups in total. The number of ether oxygens (including phenoxy) is 2. The molecule has 3 nitrogen and oxygen atoms in total. The van der Waals surface area contributed by atoms with Crippen LogP contribution in [0.25, 0.3) is 0 Å². The molecule has 0 bridgehead atoms. The molecular weight excluding hydrogens is 264 g/mol. The van der Waals surface area contributed by atoms with Gasteiger partial charge in [-0.25, -0.2) is 4.79 Å². The molecule has 0 amide bonds. The molecule has 1 heterocycles. The summed E-state index contributed by atoms with van der Waals surface area (Å²) in [5, 5.41) is 0. The molecule has 2 aliphatic rings. The van der Waals surface area contributed by atoms with Gasteiger partial charge in [-0.1, -0.05) is 83.2 Å². The normalized spacial score (nSPS) is 25.2. The van der Waals surface area contributed by atoms with Gasteiger partial charge in [-0.3, -0.25) is 0 Å². The van der Waals surface area contributed by atoms with E-state index in [0.717, 1.165) is 5.56 Å². The van der Waals surface area contributed by atoms with Crippen LogP contribution >= 0.6 is 0 Å². The molecule has 116 valence electrons. The van der Waals surface area contributed by atoms with Gasteiger partial charge in [-0.15, -0.1) is 0 Å². The zero-order valence-electron chi connectivity index (χ0n) is 13.3. The predicted molar refractivity (Wildman–Crippen MR) is 82.7 cm³/mol. The molecule has 3 heteroatoms. The number of hydrogen-bond acceptors (Lipinski definition) is 3. The molecule has 21 heavy (non-hydrogen) atoms. The van der Waals surface area contributed by atoms with E-state index < -0.39 is 12.4 Å².